The van der Waals surface area contributed by atoms with Gasteiger partial charge < -0.3 is 19.6 Å². The van der Waals surface area contributed by atoms with E-state index >= 15 is 0 Å². The number of fused-ring (bicyclic) bond motifs is 3. The van der Waals surface area contributed by atoms with E-state index in [0.29, 0.717) is 13.1 Å². The van der Waals surface area contributed by atoms with Gasteiger partial charge in [-0.1, -0.05) is 61.4 Å². The number of hydrogen-bond acceptors (Lipinski definition) is 5. The SMILES string of the molecule is CCN(CC)C(=O)[C@H](CC(=O)O)N(C)C(=O)[C@H](C1CCCC1)N(C)C(=O)OCC1c2ccccc2-c2ccccc21. The minimum Gasteiger partial charge on any atom is -0.481 e. The molecule has 0 spiro atoms. The molecular weight excluding hydrogens is 522 g/mol. The molecule has 9 heteroatoms. The molecule has 2 aromatic rings. The van der Waals surface area contributed by atoms with Crippen LogP contribution in [0.2, 0.25) is 0 Å². The number of benzene rings is 2. The number of nitrogens with zero attached hydrogens (tertiary/aromatic N) is 3. The molecule has 2 aliphatic rings. The molecule has 2 aromatic carbocycles. The van der Waals surface area contributed by atoms with Gasteiger partial charge in [-0.3, -0.25) is 19.3 Å². The molecule has 0 radical (unpaired) electrons. The molecule has 9 nitrogen and oxygen atoms in total. The first-order valence-electron chi connectivity index (χ1n) is 14.5. The second-order valence-electron chi connectivity index (χ2n) is 11.0. The van der Waals surface area contributed by atoms with Crippen LogP contribution in [0.1, 0.15) is 63.0 Å². The van der Waals surface area contributed by atoms with E-state index in [4.69, 9.17) is 4.74 Å². The van der Waals surface area contributed by atoms with Crippen molar-refractivity contribution in [3.63, 3.8) is 0 Å². The number of aliphatic carboxylic acids is 1. The standard InChI is InChI=1S/C32H41N3O6/c1-5-35(6-2)30(38)27(19-28(36)37)33(3)31(39)29(21-13-7-8-14-21)34(4)32(40)41-20-26-24-17-11-9-15-22(24)23-16-10-12-18-25(23)26/h9-12,15-18,21,26-27,29H,5-8,13-14,19-20H2,1-4H3,(H,36,37)/t27-,29-/m0/s1. The molecule has 0 saturated heterocycles. The molecule has 0 aliphatic heterocycles. The van der Waals surface area contributed by atoms with E-state index in [1.165, 1.54) is 21.7 Å². The second kappa shape index (κ2) is 13.2. The van der Waals surface area contributed by atoms with Crippen LogP contribution in [-0.4, -0.2) is 89.6 Å². The Balaban J connectivity index is 1.54. The van der Waals surface area contributed by atoms with Crippen molar-refractivity contribution in [2.45, 2.75) is 64.0 Å². The highest BCUT2D eigenvalue weighted by molar-refractivity contribution is 5.93. The van der Waals surface area contributed by atoms with Crippen LogP contribution >= 0.6 is 0 Å². The van der Waals surface area contributed by atoms with E-state index < -0.39 is 42.4 Å². The summed E-state index contributed by atoms with van der Waals surface area (Å²) >= 11 is 0. The third-order valence-corrected chi connectivity index (χ3v) is 8.68. The summed E-state index contributed by atoms with van der Waals surface area (Å²) in [6.45, 7) is 4.56. The lowest BCUT2D eigenvalue weighted by Gasteiger charge is -2.37. The molecule has 220 valence electrons. The van der Waals surface area contributed by atoms with Gasteiger partial charge in [0, 0.05) is 33.1 Å². The number of ether oxygens (including phenoxy) is 1. The van der Waals surface area contributed by atoms with Crippen molar-refractivity contribution in [3.05, 3.63) is 59.7 Å². The molecule has 41 heavy (non-hydrogen) atoms. The minimum absolute atomic E-state index is 0.107. The molecule has 0 heterocycles. The number of rotatable bonds is 11. The Morgan fingerprint density at radius 1 is 0.854 bits per heavy atom. The van der Waals surface area contributed by atoms with Gasteiger partial charge in [-0.2, -0.15) is 0 Å². The van der Waals surface area contributed by atoms with E-state index in [-0.39, 0.29) is 18.4 Å². The van der Waals surface area contributed by atoms with Gasteiger partial charge >= 0.3 is 12.1 Å². The van der Waals surface area contributed by atoms with Crippen molar-refractivity contribution in [2.75, 3.05) is 33.8 Å². The predicted molar refractivity (Wildman–Crippen MR) is 155 cm³/mol. The summed E-state index contributed by atoms with van der Waals surface area (Å²) in [5.74, 6) is -2.25. The maximum atomic E-state index is 14.0. The summed E-state index contributed by atoms with van der Waals surface area (Å²) in [4.78, 5) is 56.5. The summed E-state index contributed by atoms with van der Waals surface area (Å²) < 4.78 is 5.86. The van der Waals surface area contributed by atoms with Crippen LogP contribution in [0.4, 0.5) is 4.79 Å². The smallest absolute Gasteiger partial charge is 0.410 e. The van der Waals surface area contributed by atoms with Crippen molar-refractivity contribution in [3.8, 4) is 11.1 Å². The maximum absolute atomic E-state index is 14.0. The Bertz CT molecular complexity index is 1220. The summed E-state index contributed by atoms with van der Waals surface area (Å²) in [6.07, 6.45) is 2.28. The van der Waals surface area contributed by atoms with Crippen LogP contribution in [0.3, 0.4) is 0 Å². The third-order valence-electron chi connectivity index (χ3n) is 8.68. The van der Waals surface area contributed by atoms with Crippen LogP contribution in [0.15, 0.2) is 48.5 Å². The molecule has 1 N–H and O–H groups in total. The molecule has 0 unspecified atom stereocenters. The molecule has 2 atom stereocenters. The van der Waals surface area contributed by atoms with Crippen LogP contribution in [0.5, 0.6) is 0 Å². The Morgan fingerprint density at radius 3 is 1.90 bits per heavy atom. The first-order valence-corrected chi connectivity index (χ1v) is 14.5. The zero-order valence-corrected chi connectivity index (χ0v) is 24.4. The Hall–Kier alpha value is -3.88. The van der Waals surface area contributed by atoms with E-state index in [2.05, 4.69) is 12.1 Å². The van der Waals surface area contributed by atoms with Gasteiger partial charge in [0.2, 0.25) is 11.8 Å². The molecule has 3 amide bonds. The highest BCUT2D eigenvalue weighted by Gasteiger charge is 2.42. The molecule has 4 rings (SSSR count). The zero-order chi connectivity index (χ0) is 29.7. The number of likely N-dealkylation sites (N-methyl/N-ethyl adjacent to an activating group) is 3. The lowest BCUT2D eigenvalue weighted by molar-refractivity contribution is -0.152. The lowest BCUT2D eigenvalue weighted by Crippen LogP contribution is -2.57. The van der Waals surface area contributed by atoms with Crippen molar-refractivity contribution in [2.24, 2.45) is 5.92 Å². The van der Waals surface area contributed by atoms with Gasteiger partial charge in [-0.05, 0) is 54.9 Å². The number of carboxylic acid groups (broad SMARTS) is 1. The molecule has 0 aromatic heterocycles. The van der Waals surface area contributed by atoms with Crippen molar-refractivity contribution in [1.82, 2.24) is 14.7 Å². The average Bonchev–Trinajstić information content (AvgIpc) is 3.61. The zero-order valence-electron chi connectivity index (χ0n) is 24.4. The fourth-order valence-corrected chi connectivity index (χ4v) is 6.43. The largest absolute Gasteiger partial charge is 0.481 e. The summed E-state index contributed by atoms with van der Waals surface area (Å²) in [6, 6.07) is 14.1. The van der Waals surface area contributed by atoms with Crippen molar-refractivity contribution in [1.29, 1.82) is 0 Å². The predicted octanol–water partition coefficient (Wildman–Crippen LogP) is 4.60. The van der Waals surface area contributed by atoms with Gasteiger partial charge in [-0.25, -0.2) is 4.79 Å². The number of carbonyl (C=O) groups is 4. The number of amides is 3. The highest BCUT2D eigenvalue weighted by Crippen LogP contribution is 2.44. The number of carboxylic acids is 1. The topological polar surface area (TPSA) is 107 Å². The van der Waals surface area contributed by atoms with E-state index in [9.17, 15) is 24.3 Å². The summed E-state index contributed by atoms with van der Waals surface area (Å²) in [5.41, 5.74) is 4.44. The van der Waals surface area contributed by atoms with Crippen LogP contribution in [-0.2, 0) is 19.1 Å². The maximum Gasteiger partial charge on any atom is 0.410 e. The first kappa shape index (κ1) is 30.1. The first-order chi connectivity index (χ1) is 19.7. The molecule has 0 bridgehead atoms. The van der Waals surface area contributed by atoms with E-state index in [0.717, 1.165) is 47.9 Å². The minimum atomic E-state index is -1.17. The normalized spacial score (nSPS) is 15.9. The average molecular weight is 564 g/mol. The van der Waals surface area contributed by atoms with E-state index in [1.807, 2.05) is 50.2 Å². The van der Waals surface area contributed by atoms with Crippen molar-refractivity contribution < 1.29 is 29.0 Å². The quantitative estimate of drug-likeness (QED) is 0.428. The number of carbonyl (C=O) groups excluding carboxylic acids is 3. The summed E-state index contributed by atoms with van der Waals surface area (Å²) in [5, 5.41) is 9.56. The summed E-state index contributed by atoms with van der Waals surface area (Å²) in [7, 11) is 3.02. The van der Waals surface area contributed by atoms with E-state index in [1.54, 1.807) is 7.05 Å². The van der Waals surface area contributed by atoms with Gasteiger partial charge in [0.25, 0.3) is 0 Å². The van der Waals surface area contributed by atoms with Gasteiger partial charge in [0.1, 0.15) is 18.7 Å². The molecule has 2 aliphatic carbocycles. The fraction of sp³-hybridized carbons (Fsp3) is 0.500. The van der Waals surface area contributed by atoms with Crippen LogP contribution in [0.25, 0.3) is 11.1 Å². The Kier molecular flexibility index (Phi) is 9.68. The van der Waals surface area contributed by atoms with Crippen LogP contribution in [0, 0.1) is 5.92 Å². The lowest BCUT2D eigenvalue weighted by atomic mass is 9.95. The Morgan fingerprint density at radius 2 is 1.39 bits per heavy atom. The highest BCUT2D eigenvalue weighted by atomic mass is 16.6. The van der Waals surface area contributed by atoms with Crippen molar-refractivity contribution >= 4 is 23.9 Å². The van der Waals surface area contributed by atoms with Gasteiger partial charge in [0.05, 0.1) is 6.42 Å². The Labute approximate surface area is 242 Å². The molecule has 1 saturated carbocycles. The molecular formula is C32H41N3O6. The third kappa shape index (κ3) is 6.24. The van der Waals surface area contributed by atoms with Crippen LogP contribution < -0.4 is 0 Å². The molecule has 1 fully saturated rings. The van der Waals surface area contributed by atoms with Gasteiger partial charge in [0.15, 0.2) is 0 Å². The van der Waals surface area contributed by atoms with Gasteiger partial charge in [-0.15, -0.1) is 0 Å². The second-order valence-corrected chi connectivity index (χ2v) is 11.0. The fourth-order valence-electron chi connectivity index (χ4n) is 6.43. The monoisotopic (exact) mass is 563 g/mol. The number of hydrogen-bond donors (Lipinski definition) is 1.